The minimum atomic E-state index is -3.68. The van der Waals surface area contributed by atoms with Crippen molar-refractivity contribution in [3.63, 3.8) is 0 Å². The van der Waals surface area contributed by atoms with Gasteiger partial charge in [0.25, 0.3) is 0 Å². The number of aromatic amines is 1. The lowest BCUT2D eigenvalue weighted by atomic mass is 10.4. The van der Waals surface area contributed by atoms with Gasteiger partial charge in [-0.1, -0.05) is 11.6 Å². The van der Waals surface area contributed by atoms with Crippen LogP contribution in [0, 0.1) is 0 Å². The molecule has 0 aromatic carbocycles. The number of H-pyrrole nitrogens is 1. The maximum atomic E-state index is 12.6. The number of nitrogens with one attached hydrogen (secondary N) is 1. The van der Waals surface area contributed by atoms with Gasteiger partial charge < -0.3 is 14.6 Å². The maximum Gasteiger partial charge on any atom is 0.226 e. The molecule has 0 saturated carbocycles. The Morgan fingerprint density at radius 1 is 1.28 bits per heavy atom. The van der Waals surface area contributed by atoms with Gasteiger partial charge in [-0.2, -0.15) is 0 Å². The molecule has 0 spiro atoms. The number of nitrogens with zero attached hydrogens (tertiary/aromatic N) is 4. The molecule has 0 unspecified atom stereocenters. The van der Waals surface area contributed by atoms with Gasteiger partial charge in [0.05, 0.1) is 24.9 Å². The normalized spacial score (nSPS) is 15.8. The van der Waals surface area contributed by atoms with E-state index >= 15 is 0 Å². The highest BCUT2D eigenvalue weighted by Gasteiger charge is 2.23. The molecule has 132 valence electrons. The monoisotopic (exact) mass is 399 g/mol. The van der Waals surface area contributed by atoms with Gasteiger partial charge in [-0.3, -0.25) is 0 Å². The third-order valence-electron chi connectivity index (χ3n) is 3.80. The number of imidazole rings is 1. The van der Waals surface area contributed by atoms with Crippen molar-refractivity contribution in [2.24, 2.45) is 0 Å². The van der Waals surface area contributed by atoms with E-state index in [1.165, 1.54) is 17.5 Å². The van der Waals surface area contributed by atoms with Crippen LogP contribution in [0.4, 0.5) is 5.82 Å². The number of hydrogen-bond donors (Lipinski definition) is 1. The van der Waals surface area contributed by atoms with E-state index in [1.54, 1.807) is 5.38 Å². The largest absolute Gasteiger partial charge is 0.378 e. The van der Waals surface area contributed by atoms with Crippen molar-refractivity contribution in [3.8, 4) is 0 Å². The molecule has 4 rings (SSSR count). The molecule has 0 amide bonds. The van der Waals surface area contributed by atoms with E-state index in [0.717, 1.165) is 0 Å². The standard InChI is InChI=1S/C14H14ClN5O3S2/c15-9-5-16-12(19-13(9)20-1-3-23-4-2-20)8-25(21,22)14-17-10-6-24-7-11(10)18-14/h5-7H,1-4,8H2,(H,17,18). The molecule has 0 atom stereocenters. The van der Waals surface area contributed by atoms with Crippen molar-refractivity contribution in [2.45, 2.75) is 10.9 Å². The van der Waals surface area contributed by atoms with E-state index < -0.39 is 9.84 Å². The number of thiophene rings is 1. The van der Waals surface area contributed by atoms with Gasteiger partial charge in [-0.15, -0.1) is 11.3 Å². The molecule has 4 heterocycles. The van der Waals surface area contributed by atoms with Gasteiger partial charge in [-0.05, 0) is 0 Å². The first-order valence-corrected chi connectivity index (χ1v) is 10.5. The number of anilines is 1. The maximum absolute atomic E-state index is 12.6. The second kappa shape index (κ2) is 6.52. The molecular weight excluding hydrogens is 386 g/mol. The lowest BCUT2D eigenvalue weighted by molar-refractivity contribution is 0.122. The van der Waals surface area contributed by atoms with Gasteiger partial charge in [-0.25, -0.2) is 23.4 Å². The number of morpholine rings is 1. The lowest BCUT2D eigenvalue weighted by Crippen LogP contribution is -2.37. The number of hydrogen-bond acceptors (Lipinski definition) is 8. The van der Waals surface area contributed by atoms with Crippen LogP contribution in [0.3, 0.4) is 0 Å². The van der Waals surface area contributed by atoms with Crippen molar-refractivity contribution in [3.05, 3.63) is 27.8 Å². The Kier molecular flexibility index (Phi) is 4.36. The number of aromatic nitrogens is 4. The van der Waals surface area contributed by atoms with Crippen LogP contribution in [0.25, 0.3) is 11.0 Å². The third kappa shape index (κ3) is 3.34. The van der Waals surface area contributed by atoms with E-state index in [4.69, 9.17) is 16.3 Å². The van der Waals surface area contributed by atoms with Crippen LogP contribution in [-0.4, -0.2) is 54.7 Å². The van der Waals surface area contributed by atoms with Gasteiger partial charge in [0.2, 0.25) is 15.0 Å². The number of rotatable bonds is 4. The van der Waals surface area contributed by atoms with E-state index in [-0.39, 0.29) is 16.7 Å². The number of sulfone groups is 1. The first-order valence-electron chi connectivity index (χ1n) is 7.52. The van der Waals surface area contributed by atoms with E-state index in [2.05, 4.69) is 19.9 Å². The molecule has 8 nitrogen and oxygen atoms in total. The molecule has 0 radical (unpaired) electrons. The minimum absolute atomic E-state index is 0.0724. The summed E-state index contributed by atoms with van der Waals surface area (Å²) in [5.74, 6) is 0.371. The smallest absolute Gasteiger partial charge is 0.226 e. The second-order valence-corrected chi connectivity index (χ2v) is 8.58. The molecule has 3 aromatic rings. The highest BCUT2D eigenvalue weighted by Crippen LogP contribution is 2.25. The summed E-state index contributed by atoms with van der Waals surface area (Å²) < 4.78 is 30.5. The SMILES string of the molecule is O=S(=O)(Cc1ncc(Cl)c(N2CCOCC2)n1)c1nc2cscc2[nH]1. The van der Waals surface area contributed by atoms with Crippen molar-refractivity contribution < 1.29 is 13.2 Å². The zero-order chi connectivity index (χ0) is 17.4. The average molecular weight is 400 g/mol. The van der Waals surface area contributed by atoms with Gasteiger partial charge in [0.1, 0.15) is 22.1 Å². The van der Waals surface area contributed by atoms with Crippen LogP contribution in [0.2, 0.25) is 5.02 Å². The Labute approximate surface area is 152 Å². The Balaban J connectivity index is 1.62. The Morgan fingerprint density at radius 3 is 2.84 bits per heavy atom. The quantitative estimate of drug-likeness (QED) is 0.714. The van der Waals surface area contributed by atoms with Gasteiger partial charge >= 0.3 is 0 Å². The number of ether oxygens (including phenoxy) is 1. The molecule has 3 aromatic heterocycles. The lowest BCUT2D eigenvalue weighted by Gasteiger charge is -2.28. The van der Waals surface area contributed by atoms with E-state index in [0.29, 0.717) is 48.2 Å². The fraction of sp³-hybridized carbons (Fsp3) is 0.357. The first kappa shape index (κ1) is 16.7. The molecule has 25 heavy (non-hydrogen) atoms. The number of halogens is 1. The van der Waals surface area contributed by atoms with Crippen molar-refractivity contribution in [1.29, 1.82) is 0 Å². The predicted molar refractivity (Wildman–Crippen MR) is 94.9 cm³/mol. The fourth-order valence-electron chi connectivity index (χ4n) is 2.57. The summed E-state index contributed by atoms with van der Waals surface area (Å²) >= 11 is 7.64. The molecular formula is C14H14ClN5O3S2. The molecule has 0 bridgehead atoms. The summed E-state index contributed by atoms with van der Waals surface area (Å²) in [6.07, 6.45) is 1.44. The first-order chi connectivity index (χ1) is 12.0. The Hall–Kier alpha value is -1.75. The highest BCUT2D eigenvalue weighted by molar-refractivity contribution is 7.90. The van der Waals surface area contributed by atoms with Crippen LogP contribution < -0.4 is 4.90 Å². The van der Waals surface area contributed by atoms with Crippen LogP contribution >= 0.6 is 22.9 Å². The van der Waals surface area contributed by atoms with Gasteiger partial charge in [0, 0.05) is 23.8 Å². The van der Waals surface area contributed by atoms with Gasteiger partial charge in [0.15, 0.2) is 5.82 Å². The summed E-state index contributed by atoms with van der Waals surface area (Å²) in [7, 11) is -3.68. The predicted octanol–water partition coefficient (Wildman–Crippen LogP) is 1.88. The van der Waals surface area contributed by atoms with Crippen molar-refractivity contribution in [2.75, 3.05) is 31.2 Å². The fourth-order valence-corrected chi connectivity index (χ4v) is 4.59. The Morgan fingerprint density at radius 2 is 2.08 bits per heavy atom. The van der Waals surface area contributed by atoms with Crippen LogP contribution in [0.1, 0.15) is 5.82 Å². The number of fused-ring (bicyclic) bond motifs is 1. The van der Waals surface area contributed by atoms with E-state index in [9.17, 15) is 8.42 Å². The van der Waals surface area contributed by atoms with Crippen LogP contribution in [0.15, 0.2) is 22.1 Å². The minimum Gasteiger partial charge on any atom is -0.378 e. The Bertz CT molecular complexity index is 982. The zero-order valence-electron chi connectivity index (χ0n) is 13.0. The zero-order valence-corrected chi connectivity index (χ0v) is 15.4. The molecule has 1 N–H and O–H groups in total. The highest BCUT2D eigenvalue weighted by atomic mass is 35.5. The van der Waals surface area contributed by atoms with E-state index in [1.807, 2.05) is 10.3 Å². The summed E-state index contributed by atoms with van der Waals surface area (Å²) in [6.45, 7) is 2.46. The topological polar surface area (TPSA) is 101 Å². The van der Waals surface area contributed by atoms with Crippen molar-refractivity contribution in [1.82, 2.24) is 19.9 Å². The molecule has 1 saturated heterocycles. The third-order valence-corrected chi connectivity index (χ3v) is 6.22. The molecule has 1 fully saturated rings. The molecule has 1 aliphatic rings. The molecule has 0 aliphatic carbocycles. The van der Waals surface area contributed by atoms with Crippen molar-refractivity contribution >= 4 is 49.6 Å². The molecule has 1 aliphatic heterocycles. The summed E-state index contributed by atoms with van der Waals surface area (Å²) in [5, 5.41) is 3.93. The van der Waals surface area contributed by atoms with Crippen LogP contribution in [-0.2, 0) is 20.3 Å². The summed E-state index contributed by atoms with van der Waals surface area (Å²) in [6, 6.07) is 0. The second-order valence-electron chi connectivity index (χ2n) is 5.53. The molecule has 11 heteroatoms. The average Bonchev–Trinajstić information content (AvgIpc) is 3.19. The summed E-state index contributed by atoms with van der Waals surface area (Å²) in [5.41, 5.74) is 1.34. The van der Waals surface area contributed by atoms with Crippen LogP contribution in [0.5, 0.6) is 0 Å². The summed E-state index contributed by atoms with van der Waals surface area (Å²) in [4.78, 5) is 17.3.